The van der Waals surface area contributed by atoms with Gasteiger partial charge in [0, 0.05) is 0 Å². The molecule has 0 heterocycles. The summed E-state index contributed by atoms with van der Waals surface area (Å²) in [5.41, 5.74) is 0. The highest BCUT2D eigenvalue weighted by Crippen LogP contribution is 2.02. The molecule has 0 saturated carbocycles. The number of hydrogen-bond donors (Lipinski definition) is 0. The Morgan fingerprint density at radius 3 is 1.47 bits per heavy atom. The van der Waals surface area contributed by atoms with Crippen LogP contribution in [0.4, 0.5) is 0 Å². The molecule has 0 N–H and O–H groups in total. The summed E-state index contributed by atoms with van der Waals surface area (Å²) in [7, 11) is 0. The highest BCUT2D eigenvalue weighted by atomic mass is 16.8. The van der Waals surface area contributed by atoms with Crippen LogP contribution in [0.1, 0.15) is 27.7 Å². The average Bonchev–Trinajstić information content (AvgIpc) is 2.14. The first kappa shape index (κ1) is 13.9. The van der Waals surface area contributed by atoms with Crippen molar-refractivity contribution in [1.29, 1.82) is 0 Å². The molecule has 0 unspecified atom stereocenters. The van der Waals surface area contributed by atoms with E-state index >= 15 is 0 Å². The molecule has 0 aromatic heterocycles. The molecule has 0 aliphatic heterocycles. The summed E-state index contributed by atoms with van der Waals surface area (Å²) >= 11 is 0. The number of carbonyl (C=O) groups is 2. The molecule has 0 aliphatic carbocycles. The number of hydroxylamine groups is 4. The molecule has 0 rings (SSSR count). The maximum absolute atomic E-state index is 10.6. The summed E-state index contributed by atoms with van der Waals surface area (Å²) < 4.78 is 0. The zero-order valence-corrected chi connectivity index (χ0v) is 9.84. The predicted molar refractivity (Wildman–Crippen MR) is 56.3 cm³/mol. The minimum absolute atomic E-state index is 0.294. The maximum Gasteiger partial charge on any atom is 0.235 e. The van der Waals surface area contributed by atoms with Gasteiger partial charge < -0.3 is 0 Å². The van der Waals surface area contributed by atoms with Crippen molar-refractivity contribution in [1.82, 2.24) is 10.1 Å². The third-order valence-electron chi connectivity index (χ3n) is 1.54. The Balaban J connectivity index is 4.11. The Kier molecular flexibility index (Phi) is 6.70. The summed E-state index contributed by atoms with van der Waals surface area (Å²) in [6.45, 7) is 8.79. The first-order valence-electron chi connectivity index (χ1n) is 5.11. The fourth-order valence-electron chi connectivity index (χ4n) is 1.05. The first-order chi connectivity index (χ1) is 6.99. The van der Waals surface area contributed by atoms with Gasteiger partial charge in [0.15, 0.2) is 0 Å². The van der Waals surface area contributed by atoms with Crippen LogP contribution in [0.2, 0.25) is 0 Å². The molecule has 5 nitrogen and oxygen atoms in total. The predicted octanol–water partition coefficient (Wildman–Crippen LogP) is 1.06. The molecule has 5 heteroatoms. The Morgan fingerprint density at radius 1 is 0.933 bits per heavy atom. The van der Waals surface area contributed by atoms with Gasteiger partial charge in [0.1, 0.15) is 0 Å². The Labute approximate surface area is 90.9 Å². The Hall–Kier alpha value is -1.10. The van der Waals surface area contributed by atoms with E-state index in [9.17, 15) is 9.59 Å². The zero-order valence-electron chi connectivity index (χ0n) is 9.84. The third-order valence-corrected chi connectivity index (χ3v) is 1.54. The third kappa shape index (κ3) is 6.90. The van der Waals surface area contributed by atoms with E-state index < -0.39 is 0 Å². The summed E-state index contributed by atoms with van der Waals surface area (Å²) in [5, 5.41) is 2.25. The van der Waals surface area contributed by atoms with E-state index in [1.807, 2.05) is 27.7 Å². The largest absolute Gasteiger partial charge is 0.276 e. The van der Waals surface area contributed by atoms with Crippen molar-refractivity contribution in [3.05, 3.63) is 0 Å². The molecule has 0 aliphatic rings. The Morgan fingerprint density at radius 2 is 1.27 bits per heavy atom. The van der Waals surface area contributed by atoms with E-state index in [1.165, 1.54) is 0 Å². The van der Waals surface area contributed by atoms with Gasteiger partial charge >= 0.3 is 0 Å². The van der Waals surface area contributed by atoms with Crippen molar-refractivity contribution in [3.8, 4) is 0 Å². The van der Waals surface area contributed by atoms with Crippen molar-refractivity contribution in [2.24, 2.45) is 11.8 Å². The van der Waals surface area contributed by atoms with Crippen LogP contribution in [-0.2, 0) is 14.5 Å². The molecule has 2 amide bonds. The van der Waals surface area contributed by atoms with Crippen LogP contribution in [0, 0.1) is 11.8 Å². The minimum atomic E-state index is 0.294. The van der Waals surface area contributed by atoms with Crippen LogP contribution in [0.3, 0.4) is 0 Å². The number of rotatable bonds is 8. The first-order valence-corrected chi connectivity index (χ1v) is 5.11. The monoisotopic (exact) mass is 216 g/mol. The second-order valence-corrected chi connectivity index (χ2v) is 4.28. The molecule has 0 bridgehead atoms. The van der Waals surface area contributed by atoms with Crippen LogP contribution in [0.25, 0.3) is 0 Å². The van der Waals surface area contributed by atoms with Gasteiger partial charge in [0.05, 0.1) is 13.1 Å². The topological polar surface area (TPSA) is 49.9 Å². The fourth-order valence-corrected chi connectivity index (χ4v) is 1.05. The van der Waals surface area contributed by atoms with Crippen LogP contribution in [0.15, 0.2) is 0 Å². The van der Waals surface area contributed by atoms with Gasteiger partial charge in [-0.2, -0.15) is 10.1 Å². The van der Waals surface area contributed by atoms with Gasteiger partial charge in [-0.1, -0.05) is 27.7 Å². The number of nitrogens with zero attached hydrogens (tertiary/aromatic N) is 2. The highest BCUT2D eigenvalue weighted by molar-refractivity contribution is 5.47. The van der Waals surface area contributed by atoms with Crippen molar-refractivity contribution in [2.45, 2.75) is 27.7 Å². The van der Waals surface area contributed by atoms with Crippen LogP contribution < -0.4 is 0 Å². The molecule has 0 saturated heterocycles. The molecule has 0 aromatic carbocycles. The van der Waals surface area contributed by atoms with Gasteiger partial charge in [-0.3, -0.25) is 9.59 Å². The molecule has 0 fully saturated rings. The van der Waals surface area contributed by atoms with Crippen molar-refractivity contribution in [3.63, 3.8) is 0 Å². The highest BCUT2D eigenvalue weighted by Gasteiger charge is 2.12. The lowest BCUT2D eigenvalue weighted by molar-refractivity contribution is -0.289. The quantitative estimate of drug-likeness (QED) is 0.450. The van der Waals surface area contributed by atoms with Crippen LogP contribution in [-0.4, -0.2) is 36.0 Å². The van der Waals surface area contributed by atoms with E-state index in [4.69, 9.17) is 4.94 Å². The summed E-state index contributed by atoms with van der Waals surface area (Å²) in [5.74, 6) is 0.588. The van der Waals surface area contributed by atoms with Gasteiger partial charge in [0.25, 0.3) is 0 Å². The van der Waals surface area contributed by atoms with E-state index in [0.717, 1.165) is 10.1 Å². The minimum Gasteiger partial charge on any atom is -0.276 e. The van der Waals surface area contributed by atoms with Gasteiger partial charge in [-0.15, -0.1) is 4.94 Å². The number of carbonyl (C=O) groups excluding carboxylic acids is 2. The number of hydrogen-bond acceptors (Lipinski definition) is 3. The molecule has 0 aromatic rings. The second-order valence-electron chi connectivity index (χ2n) is 4.28. The summed E-state index contributed by atoms with van der Waals surface area (Å²) in [6, 6.07) is 0. The smallest absolute Gasteiger partial charge is 0.235 e. The van der Waals surface area contributed by atoms with E-state index in [1.54, 1.807) is 0 Å². The van der Waals surface area contributed by atoms with Crippen molar-refractivity contribution in [2.75, 3.05) is 13.1 Å². The molecule has 0 spiro atoms. The van der Waals surface area contributed by atoms with Gasteiger partial charge in [-0.05, 0) is 11.8 Å². The maximum atomic E-state index is 10.6. The van der Waals surface area contributed by atoms with Gasteiger partial charge in [-0.25, -0.2) is 0 Å². The fraction of sp³-hybridized carbons (Fsp3) is 0.800. The molecular formula is C10H20N2O3. The lowest BCUT2D eigenvalue weighted by Gasteiger charge is -2.25. The standard InChI is InChI=1S/C10H20N2O3/c1-9(2)5-11(7-13)15-12(8-14)6-10(3)4/h7-10H,5-6H2,1-4H3. The lowest BCUT2D eigenvalue weighted by atomic mass is 10.2. The molecule has 15 heavy (non-hydrogen) atoms. The average molecular weight is 216 g/mol. The van der Waals surface area contributed by atoms with E-state index in [0.29, 0.717) is 37.7 Å². The summed E-state index contributed by atoms with van der Waals surface area (Å²) in [6.07, 6.45) is 1.16. The zero-order chi connectivity index (χ0) is 11.8. The molecule has 88 valence electrons. The van der Waals surface area contributed by atoms with Crippen LogP contribution >= 0.6 is 0 Å². The van der Waals surface area contributed by atoms with E-state index in [2.05, 4.69) is 0 Å². The molecular weight excluding hydrogens is 196 g/mol. The number of amides is 2. The molecule has 0 atom stereocenters. The SMILES string of the molecule is CC(C)CN(C=O)ON(C=O)CC(C)C. The molecule has 0 radical (unpaired) electrons. The van der Waals surface area contributed by atoms with Gasteiger partial charge in [0.2, 0.25) is 12.8 Å². The van der Waals surface area contributed by atoms with Crippen LogP contribution in [0.5, 0.6) is 0 Å². The van der Waals surface area contributed by atoms with E-state index in [-0.39, 0.29) is 0 Å². The lowest BCUT2D eigenvalue weighted by Crippen LogP contribution is -2.37. The van der Waals surface area contributed by atoms with Crippen molar-refractivity contribution < 1.29 is 14.5 Å². The van der Waals surface area contributed by atoms with Crippen molar-refractivity contribution >= 4 is 12.8 Å². The normalized spacial score (nSPS) is 10.5. The summed E-state index contributed by atoms with van der Waals surface area (Å²) in [4.78, 5) is 26.4. The Bertz CT molecular complexity index is 175. The second kappa shape index (κ2) is 7.23.